The van der Waals surface area contributed by atoms with E-state index >= 15 is 0 Å². The lowest BCUT2D eigenvalue weighted by molar-refractivity contribution is -0.120. The van der Waals surface area contributed by atoms with Crippen molar-refractivity contribution in [2.24, 2.45) is 0 Å². The topological polar surface area (TPSA) is 45.5 Å². The van der Waals surface area contributed by atoms with E-state index in [1.807, 2.05) is 31.1 Å². The minimum atomic E-state index is -0.0724. The molecule has 0 aliphatic rings. The van der Waals surface area contributed by atoms with E-state index in [1.165, 1.54) is 0 Å². The molecule has 0 fully saturated rings. The van der Waals surface area contributed by atoms with Gasteiger partial charge in [0.2, 0.25) is 5.91 Å². The Morgan fingerprint density at radius 1 is 1.27 bits per heavy atom. The van der Waals surface area contributed by atoms with Gasteiger partial charge >= 0.3 is 0 Å². The highest BCUT2D eigenvalue weighted by molar-refractivity contribution is 6.42. The van der Waals surface area contributed by atoms with Gasteiger partial charge < -0.3 is 9.73 Å². The van der Waals surface area contributed by atoms with E-state index in [9.17, 15) is 4.79 Å². The lowest BCUT2D eigenvalue weighted by atomic mass is 10.1. The van der Waals surface area contributed by atoms with Crippen LogP contribution in [0.25, 0.3) is 0 Å². The predicted octanol–water partition coefficient (Wildman–Crippen LogP) is 3.55. The number of carbonyl (C=O) groups excluding carboxylic acids is 1. The first-order chi connectivity index (χ1) is 10.5. The monoisotopic (exact) mass is 340 g/mol. The van der Waals surface area contributed by atoms with E-state index in [2.05, 4.69) is 5.32 Å². The standard InChI is InChI=1S/C16H18Cl2N2O2/c1-20(2)14(15-4-3-7-22-15)10-19-16(21)9-11-5-6-12(17)13(18)8-11/h3-8,14H,9-10H2,1-2H3,(H,19,21)/t14-/m0/s1. The van der Waals surface area contributed by atoms with Crippen LogP contribution in [0.4, 0.5) is 0 Å². The summed E-state index contributed by atoms with van der Waals surface area (Å²) in [5.41, 5.74) is 0.825. The van der Waals surface area contributed by atoms with Crippen LogP contribution in [0.3, 0.4) is 0 Å². The summed E-state index contributed by atoms with van der Waals surface area (Å²) in [5.74, 6) is 0.747. The van der Waals surface area contributed by atoms with Gasteiger partial charge in [0.1, 0.15) is 5.76 Å². The van der Waals surface area contributed by atoms with Gasteiger partial charge in [-0.15, -0.1) is 0 Å². The van der Waals surface area contributed by atoms with Crippen LogP contribution in [0, 0.1) is 0 Å². The minimum Gasteiger partial charge on any atom is -0.468 e. The molecule has 118 valence electrons. The van der Waals surface area contributed by atoms with Gasteiger partial charge in [0.25, 0.3) is 0 Å². The molecule has 1 aromatic carbocycles. The molecule has 1 aromatic heterocycles. The molecule has 1 heterocycles. The maximum Gasteiger partial charge on any atom is 0.224 e. The van der Waals surface area contributed by atoms with Gasteiger partial charge in [-0.1, -0.05) is 29.3 Å². The number of benzene rings is 1. The number of furan rings is 1. The van der Waals surface area contributed by atoms with Crippen molar-refractivity contribution in [3.63, 3.8) is 0 Å². The zero-order chi connectivity index (χ0) is 16.1. The fourth-order valence-electron chi connectivity index (χ4n) is 2.13. The van der Waals surface area contributed by atoms with E-state index in [-0.39, 0.29) is 18.4 Å². The van der Waals surface area contributed by atoms with Crippen LogP contribution >= 0.6 is 23.2 Å². The summed E-state index contributed by atoms with van der Waals surface area (Å²) in [6.45, 7) is 0.473. The Kier molecular flexibility index (Phi) is 5.89. The molecule has 1 atom stereocenters. The van der Waals surface area contributed by atoms with E-state index in [0.29, 0.717) is 16.6 Å². The first-order valence-corrected chi connectivity index (χ1v) is 7.63. The first-order valence-electron chi connectivity index (χ1n) is 6.88. The molecule has 4 nitrogen and oxygen atoms in total. The number of amides is 1. The van der Waals surface area contributed by atoms with Crippen LogP contribution < -0.4 is 5.32 Å². The molecular formula is C16H18Cl2N2O2. The van der Waals surface area contributed by atoms with Crippen molar-refractivity contribution in [1.82, 2.24) is 10.2 Å². The summed E-state index contributed by atoms with van der Waals surface area (Å²) < 4.78 is 5.41. The van der Waals surface area contributed by atoms with Crippen molar-refractivity contribution >= 4 is 29.1 Å². The number of likely N-dealkylation sites (N-methyl/N-ethyl adjacent to an activating group) is 1. The van der Waals surface area contributed by atoms with E-state index in [0.717, 1.165) is 11.3 Å². The fraction of sp³-hybridized carbons (Fsp3) is 0.312. The third-order valence-electron chi connectivity index (χ3n) is 3.34. The Morgan fingerprint density at radius 3 is 2.64 bits per heavy atom. The molecule has 1 N–H and O–H groups in total. The average molecular weight is 341 g/mol. The second kappa shape index (κ2) is 7.68. The average Bonchev–Trinajstić information content (AvgIpc) is 2.97. The number of hydrogen-bond acceptors (Lipinski definition) is 3. The van der Waals surface area contributed by atoms with Crippen LogP contribution in [0.15, 0.2) is 41.0 Å². The highest BCUT2D eigenvalue weighted by atomic mass is 35.5. The molecule has 0 radical (unpaired) electrons. The zero-order valence-corrected chi connectivity index (χ0v) is 14.0. The zero-order valence-electron chi connectivity index (χ0n) is 12.5. The molecule has 2 aromatic rings. The molecule has 0 bridgehead atoms. The summed E-state index contributed by atoms with van der Waals surface area (Å²) in [7, 11) is 3.89. The van der Waals surface area contributed by atoms with Crippen molar-refractivity contribution in [3.8, 4) is 0 Å². The minimum absolute atomic E-state index is 0.00671. The van der Waals surface area contributed by atoms with Crippen molar-refractivity contribution < 1.29 is 9.21 Å². The van der Waals surface area contributed by atoms with E-state index < -0.39 is 0 Å². The Bertz CT molecular complexity index is 627. The summed E-state index contributed by atoms with van der Waals surface area (Å²) in [5, 5.41) is 3.85. The molecule has 0 saturated heterocycles. The quantitative estimate of drug-likeness (QED) is 0.874. The van der Waals surface area contributed by atoms with Gasteiger partial charge in [-0.25, -0.2) is 0 Å². The van der Waals surface area contributed by atoms with E-state index in [4.69, 9.17) is 27.6 Å². The molecule has 0 aliphatic heterocycles. The third-order valence-corrected chi connectivity index (χ3v) is 4.08. The molecule has 0 unspecified atom stereocenters. The van der Waals surface area contributed by atoms with Gasteiger partial charge in [-0.3, -0.25) is 9.69 Å². The van der Waals surface area contributed by atoms with Crippen molar-refractivity contribution in [2.75, 3.05) is 20.6 Å². The third kappa shape index (κ3) is 4.50. The fourth-order valence-corrected chi connectivity index (χ4v) is 2.45. The Labute approximate surface area is 140 Å². The Morgan fingerprint density at radius 2 is 2.05 bits per heavy atom. The van der Waals surface area contributed by atoms with Gasteiger partial charge in [-0.2, -0.15) is 0 Å². The summed E-state index contributed by atoms with van der Waals surface area (Å²) in [6, 6.07) is 8.92. The second-order valence-electron chi connectivity index (χ2n) is 5.22. The van der Waals surface area contributed by atoms with Crippen LogP contribution in [0.1, 0.15) is 17.4 Å². The van der Waals surface area contributed by atoms with Crippen LogP contribution in [0.2, 0.25) is 10.0 Å². The summed E-state index contributed by atoms with van der Waals surface area (Å²) >= 11 is 11.8. The number of rotatable bonds is 6. The molecular weight excluding hydrogens is 323 g/mol. The normalized spacial score (nSPS) is 12.4. The number of hydrogen-bond donors (Lipinski definition) is 1. The highest BCUT2D eigenvalue weighted by Gasteiger charge is 2.17. The molecule has 0 saturated carbocycles. The largest absolute Gasteiger partial charge is 0.468 e. The number of nitrogens with one attached hydrogen (secondary N) is 1. The smallest absolute Gasteiger partial charge is 0.224 e. The van der Waals surface area contributed by atoms with Gasteiger partial charge in [0.15, 0.2) is 0 Å². The molecule has 6 heteroatoms. The van der Waals surface area contributed by atoms with Crippen molar-refractivity contribution in [3.05, 3.63) is 58.0 Å². The Hall–Kier alpha value is -1.49. The van der Waals surface area contributed by atoms with Crippen LogP contribution in [-0.4, -0.2) is 31.4 Å². The van der Waals surface area contributed by atoms with Crippen LogP contribution in [-0.2, 0) is 11.2 Å². The van der Waals surface area contributed by atoms with Crippen molar-refractivity contribution in [2.45, 2.75) is 12.5 Å². The van der Waals surface area contributed by atoms with E-state index in [1.54, 1.807) is 24.5 Å². The molecule has 2 rings (SSSR count). The molecule has 22 heavy (non-hydrogen) atoms. The molecule has 0 aliphatic carbocycles. The number of halogens is 2. The number of nitrogens with zero attached hydrogens (tertiary/aromatic N) is 1. The Balaban J connectivity index is 1.92. The molecule has 1 amide bonds. The lowest BCUT2D eigenvalue weighted by Gasteiger charge is -2.22. The lowest BCUT2D eigenvalue weighted by Crippen LogP contribution is -2.35. The van der Waals surface area contributed by atoms with Gasteiger partial charge in [0.05, 0.1) is 28.8 Å². The van der Waals surface area contributed by atoms with Crippen LogP contribution in [0.5, 0.6) is 0 Å². The van der Waals surface area contributed by atoms with Gasteiger partial charge in [-0.05, 0) is 43.9 Å². The molecule has 0 spiro atoms. The summed E-state index contributed by atoms with van der Waals surface area (Å²) in [4.78, 5) is 14.1. The maximum atomic E-state index is 12.1. The maximum absolute atomic E-state index is 12.1. The summed E-state index contributed by atoms with van der Waals surface area (Å²) in [6.07, 6.45) is 1.89. The second-order valence-corrected chi connectivity index (χ2v) is 6.04. The SMILES string of the molecule is CN(C)[C@@H](CNC(=O)Cc1ccc(Cl)c(Cl)c1)c1ccco1. The van der Waals surface area contributed by atoms with Gasteiger partial charge in [0, 0.05) is 6.54 Å². The first kappa shape index (κ1) is 16.9. The predicted molar refractivity (Wildman–Crippen MR) is 88.3 cm³/mol. The highest BCUT2D eigenvalue weighted by Crippen LogP contribution is 2.23. The van der Waals surface area contributed by atoms with Crippen molar-refractivity contribution in [1.29, 1.82) is 0 Å². The number of carbonyl (C=O) groups is 1.